The van der Waals surface area contributed by atoms with E-state index in [2.05, 4.69) is 5.32 Å². The molecule has 0 bridgehead atoms. The number of halogens is 1. The zero-order valence-corrected chi connectivity index (χ0v) is 10.8. The van der Waals surface area contributed by atoms with Crippen molar-refractivity contribution in [3.8, 4) is 0 Å². The van der Waals surface area contributed by atoms with E-state index in [-0.39, 0.29) is 11.1 Å². The maximum atomic E-state index is 11.3. The molecule has 19 heavy (non-hydrogen) atoms. The lowest BCUT2D eigenvalue weighted by Gasteiger charge is -2.18. The Kier molecular flexibility index (Phi) is 3.05. The van der Waals surface area contributed by atoms with Crippen LogP contribution in [0.3, 0.4) is 0 Å². The molecule has 2 heterocycles. The van der Waals surface area contributed by atoms with E-state index in [0.717, 1.165) is 16.8 Å². The van der Waals surface area contributed by atoms with Gasteiger partial charge in [-0.3, -0.25) is 4.79 Å². The number of hydrogen-bond acceptors (Lipinski definition) is 3. The largest absolute Gasteiger partial charge is 0.447 e. The van der Waals surface area contributed by atoms with Crippen LogP contribution in [0.15, 0.2) is 34.7 Å². The maximum absolute atomic E-state index is 11.3. The Hall–Kier alpha value is -1.78. The van der Waals surface area contributed by atoms with Gasteiger partial charge >= 0.3 is 0 Å². The first kappa shape index (κ1) is 12.3. The third-order valence-corrected chi connectivity index (χ3v) is 3.41. The third-order valence-electron chi connectivity index (χ3n) is 3.20. The highest BCUT2D eigenvalue weighted by molar-refractivity contribution is 6.28. The lowest BCUT2D eigenvalue weighted by atomic mass is 9.97. The van der Waals surface area contributed by atoms with Crippen LogP contribution >= 0.6 is 11.6 Å². The molecular formula is C14H12ClNO3. The van der Waals surface area contributed by atoms with Crippen molar-refractivity contribution in [3.63, 3.8) is 0 Å². The molecule has 5 heteroatoms. The fourth-order valence-corrected chi connectivity index (χ4v) is 2.36. The fraction of sp³-hybridized carbons (Fsp3) is 0.214. The van der Waals surface area contributed by atoms with Gasteiger partial charge in [0.15, 0.2) is 5.22 Å². The second kappa shape index (κ2) is 4.72. The number of aryl methyl sites for hydroxylation is 1. The summed E-state index contributed by atoms with van der Waals surface area (Å²) in [6.07, 6.45) is 0.301. The second-order valence-electron chi connectivity index (χ2n) is 4.51. The van der Waals surface area contributed by atoms with Crippen LogP contribution in [0.25, 0.3) is 0 Å². The van der Waals surface area contributed by atoms with Crippen LogP contribution in [-0.2, 0) is 11.2 Å². The summed E-state index contributed by atoms with van der Waals surface area (Å²) in [7, 11) is 0. The Morgan fingerprint density at radius 1 is 1.26 bits per heavy atom. The Morgan fingerprint density at radius 3 is 2.84 bits per heavy atom. The van der Waals surface area contributed by atoms with Gasteiger partial charge < -0.3 is 14.8 Å². The van der Waals surface area contributed by atoms with Crippen molar-refractivity contribution >= 4 is 23.2 Å². The molecule has 1 unspecified atom stereocenters. The molecular weight excluding hydrogens is 266 g/mol. The SMILES string of the molecule is O=C1CCc2cc(C(O)c3ccc(Cl)o3)ccc2N1. The molecule has 1 aromatic carbocycles. The molecule has 2 aromatic rings. The van der Waals surface area contributed by atoms with E-state index in [0.29, 0.717) is 18.6 Å². The van der Waals surface area contributed by atoms with E-state index in [1.165, 1.54) is 0 Å². The van der Waals surface area contributed by atoms with Crippen molar-refractivity contribution in [2.75, 3.05) is 5.32 Å². The Bertz CT molecular complexity index is 635. The van der Waals surface area contributed by atoms with E-state index < -0.39 is 6.10 Å². The van der Waals surface area contributed by atoms with Gasteiger partial charge in [-0.25, -0.2) is 0 Å². The summed E-state index contributed by atoms with van der Waals surface area (Å²) < 4.78 is 5.21. The summed E-state index contributed by atoms with van der Waals surface area (Å²) in [5, 5.41) is 13.3. The summed E-state index contributed by atoms with van der Waals surface area (Å²) >= 11 is 5.70. The highest BCUT2D eigenvalue weighted by atomic mass is 35.5. The predicted molar refractivity (Wildman–Crippen MR) is 71.2 cm³/mol. The number of rotatable bonds is 2. The fourth-order valence-electron chi connectivity index (χ4n) is 2.21. The third kappa shape index (κ3) is 2.37. The van der Waals surface area contributed by atoms with Crippen molar-refractivity contribution < 1.29 is 14.3 Å². The topological polar surface area (TPSA) is 62.5 Å². The summed E-state index contributed by atoms with van der Waals surface area (Å²) in [6.45, 7) is 0. The number of anilines is 1. The smallest absolute Gasteiger partial charge is 0.224 e. The molecule has 0 saturated heterocycles. The van der Waals surface area contributed by atoms with E-state index in [1.54, 1.807) is 24.3 Å². The number of nitrogens with one attached hydrogen (secondary N) is 1. The highest BCUT2D eigenvalue weighted by Gasteiger charge is 2.19. The van der Waals surface area contributed by atoms with Gasteiger partial charge in [-0.2, -0.15) is 0 Å². The molecule has 4 nitrogen and oxygen atoms in total. The van der Waals surface area contributed by atoms with Crippen molar-refractivity contribution in [1.82, 2.24) is 0 Å². The molecule has 0 fully saturated rings. The molecule has 0 radical (unpaired) electrons. The minimum absolute atomic E-state index is 0.0265. The molecule has 1 aliphatic rings. The zero-order valence-electron chi connectivity index (χ0n) is 10.0. The van der Waals surface area contributed by atoms with E-state index in [4.69, 9.17) is 16.0 Å². The first-order valence-electron chi connectivity index (χ1n) is 5.99. The van der Waals surface area contributed by atoms with Crippen LogP contribution in [0.1, 0.15) is 29.4 Å². The average molecular weight is 278 g/mol. The van der Waals surface area contributed by atoms with Gasteiger partial charge in [0.25, 0.3) is 0 Å². The molecule has 98 valence electrons. The van der Waals surface area contributed by atoms with Gasteiger partial charge in [0.2, 0.25) is 5.91 Å². The van der Waals surface area contributed by atoms with Crippen molar-refractivity contribution in [2.24, 2.45) is 0 Å². The maximum Gasteiger partial charge on any atom is 0.224 e. The van der Waals surface area contributed by atoms with Crippen LogP contribution in [0, 0.1) is 0 Å². The Labute approximate surface area is 115 Å². The minimum Gasteiger partial charge on any atom is -0.447 e. The van der Waals surface area contributed by atoms with Gasteiger partial charge in [-0.05, 0) is 47.3 Å². The zero-order chi connectivity index (χ0) is 13.4. The normalized spacial score (nSPS) is 15.8. The molecule has 1 atom stereocenters. The number of carbonyl (C=O) groups excluding carboxylic acids is 1. The van der Waals surface area contributed by atoms with Crippen molar-refractivity contribution in [3.05, 3.63) is 52.4 Å². The first-order valence-corrected chi connectivity index (χ1v) is 6.37. The molecule has 1 aromatic heterocycles. The molecule has 1 aliphatic heterocycles. The van der Waals surface area contributed by atoms with Crippen molar-refractivity contribution in [2.45, 2.75) is 18.9 Å². The number of aliphatic hydroxyl groups is 1. The minimum atomic E-state index is -0.851. The van der Waals surface area contributed by atoms with E-state index in [9.17, 15) is 9.90 Å². The van der Waals surface area contributed by atoms with E-state index in [1.807, 2.05) is 6.07 Å². The number of fused-ring (bicyclic) bond motifs is 1. The standard InChI is InChI=1S/C14H12ClNO3/c15-12-5-4-11(19-12)14(18)9-1-3-10-8(7-9)2-6-13(17)16-10/h1,3-5,7,14,18H,2,6H2,(H,16,17). The Balaban J connectivity index is 1.92. The van der Waals surface area contributed by atoms with Gasteiger partial charge in [0, 0.05) is 12.1 Å². The van der Waals surface area contributed by atoms with Gasteiger partial charge in [0.1, 0.15) is 11.9 Å². The van der Waals surface area contributed by atoms with Gasteiger partial charge in [-0.1, -0.05) is 12.1 Å². The number of furan rings is 1. The van der Waals surface area contributed by atoms with Crippen LogP contribution in [0.2, 0.25) is 5.22 Å². The number of aliphatic hydroxyl groups excluding tert-OH is 1. The van der Waals surface area contributed by atoms with Crippen LogP contribution in [-0.4, -0.2) is 11.0 Å². The number of hydrogen-bond donors (Lipinski definition) is 2. The molecule has 2 N–H and O–H groups in total. The van der Waals surface area contributed by atoms with E-state index >= 15 is 0 Å². The summed E-state index contributed by atoms with van der Waals surface area (Å²) in [6, 6.07) is 8.70. The van der Waals surface area contributed by atoms with Crippen molar-refractivity contribution in [1.29, 1.82) is 0 Å². The number of benzene rings is 1. The van der Waals surface area contributed by atoms with Gasteiger partial charge in [0.05, 0.1) is 0 Å². The molecule has 3 rings (SSSR count). The lowest BCUT2D eigenvalue weighted by Crippen LogP contribution is -2.19. The molecule has 1 amide bonds. The van der Waals surface area contributed by atoms with Gasteiger partial charge in [-0.15, -0.1) is 0 Å². The monoisotopic (exact) mass is 277 g/mol. The predicted octanol–water partition coefficient (Wildman–Crippen LogP) is 2.90. The lowest BCUT2D eigenvalue weighted by molar-refractivity contribution is -0.116. The van der Waals surface area contributed by atoms with Crippen LogP contribution in [0.4, 0.5) is 5.69 Å². The Morgan fingerprint density at radius 2 is 2.11 bits per heavy atom. The first-order chi connectivity index (χ1) is 9.13. The van der Waals surface area contributed by atoms with Crippen LogP contribution in [0.5, 0.6) is 0 Å². The highest BCUT2D eigenvalue weighted by Crippen LogP contribution is 2.30. The summed E-state index contributed by atoms with van der Waals surface area (Å²) in [5.41, 5.74) is 2.55. The number of carbonyl (C=O) groups is 1. The van der Waals surface area contributed by atoms with Crippen LogP contribution < -0.4 is 5.32 Å². The summed E-state index contributed by atoms with van der Waals surface area (Å²) in [4.78, 5) is 11.3. The number of amides is 1. The quantitative estimate of drug-likeness (QED) is 0.887. The molecule has 0 aliphatic carbocycles. The molecule has 0 spiro atoms. The summed E-state index contributed by atoms with van der Waals surface area (Å²) in [5.74, 6) is 0.434. The average Bonchev–Trinajstić information content (AvgIpc) is 2.84. The second-order valence-corrected chi connectivity index (χ2v) is 4.88. The molecule has 0 saturated carbocycles.